The average Bonchev–Trinajstić information content (AvgIpc) is 3.07. The van der Waals surface area contributed by atoms with Gasteiger partial charge in [0.25, 0.3) is 0 Å². The second kappa shape index (κ2) is 8.43. The van der Waals surface area contributed by atoms with Gasteiger partial charge in [0.1, 0.15) is 5.60 Å². The molecule has 0 aromatic carbocycles. The molecule has 28 heavy (non-hydrogen) atoms. The number of hydrogen-bond donors (Lipinski definition) is 1. The lowest BCUT2D eigenvalue weighted by Crippen LogP contribution is -2.41. The summed E-state index contributed by atoms with van der Waals surface area (Å²) in [4.78, 5) is 13.5. The van der Waals surface area contributed by atoms with Crippen molar-refractivity contribution in [1.82, 2.24) is 20.0 Å². The van der Waals surface area contributed by atoms with Crippen molar-refractivity contribution in [2.45, 2.75) is 71.8 Å². The fourth-order valence-corrected chi connectivity index (χ4v) is 2.68. The van der Waals surface area contributed by atoms with Gasteiger partial charge in [0, 0.05) is 32.9 Å². The molecule has 1 N–H and O–H groups in total. The molecule has 1 saturated heterocycles. The van der Waals surface area contributed by atoms with Gasteiger partial charge in [0.15, 0.2) is 0 Å². The molecule has 0 saturated carbocycles. The van der Waals surface area contributed by atoms with E-state index in [1.54, 1.807) is 18.1 Å². The van der Waals surface area contributed by atoms with Gasteiger partial charge in [-0.3, -0.25) is 4.68 Å². The van der Waals surface area contributed by atoms with Crippen LogP contribution in [-0.2, 0) is 20.6 Å². The first kappa shape index (κ1) is 22.7. The van der Waals surface area contributed by atoms with Crippen LogP contribution < -0.4 is 10.9 Å². The summed E-state index contributed by atoms with van der Waals surface area (Å²) in [5, 5.41) is 7.72. The molecule has 1 fully saturated rings. The normalized spacial score (nSPS) is 18.4. The second-order valence-corrected chi connectivity index (χ2v) is 9.22. The number of nitrogens with one attached hydrogen (secondary N) is 1. The molecule has 1 amide bonds. The van der Waals surface area contributed by atoms with Gasteiger partial charge in [-0.25, -0.2) is 4.79 Å². The molecule has 0 radical (unpaired) electrons. The molecule has 2 heterocycles. The summed E-state index contributed by atoms with van der Waals surface area (Å²) in [5.74, 6) is 0. The summed E-state index contributed by atoms with van der Waals surface area (Å²) in [7, 11) is 1.31. The van der Waals surface area contributed by atoms with Crippen molar-refractivity contribution in [1.29, 1.82) is 0 Å². The van der Waals surface area contributed by atoms with E-state index in [2.05, 4.69) is 10.4 Å². The van der Waals surface area contributed by atoms with Crippen LogP contribution in [0.15, 0.2) is 12.3 Å². The third-order valence-electron chi connectivity index (χ3n) is 5.07. The van der Waals surface area contributed by atoms with Crippen molar-refractivity contribution in [3.63, 3.8) is 0 Å². The van der Waals surface area contributed by atoms with Crippen LogP contribution >= 0.6 is 0 Å². The molecule has 1 aromatic heterocycles. The third kappa shape index (κ3) is 5.72. The van der Waals surface area contributed by atoms with E-state index in [-0.39, 0.29) is 17.3 Å². The molecule has 1 aromatic rings. The average molecular weight is 394 g/mol. The van der Waals surface area contributed by atoms with Crippen molar-refractivity contribution in [3.05, 3.63) is 12.3 Å². The van der Waals surface area contributed by atoms with Crippen molar-refractivity contribution >= 4 is 18.8 Å². The predicted molar refractivity (Wildman–Crippen MR) is 110 cm³/mol. The van der Waals surface area contributed by atoms with E-state index in [0.29, 0.717) is 19.6 Å². The number of ether oxygens (including phenoxy) is 1. The van der Waals surface area contributed by atoms with Gasteiger partial charge in [-0.05, 0) is 54.5 Å². The van der Waals surface area contributed by atoms with E-state index >= 15 is 0 Å². The van der Waals surface area contributed by atoms with Crippen LogP contribution in [0.2, 0.25) is 0 Å². The number of amides is 1. The van der Waals surface area contributed by atoms with Crippen LogP contribution in [0.5, 0.6) is 0 Å². The molecule has 0 atom stereocenters. The van der Waals surface area contributed by atoms with Crippen LogP contribution in [0.1, 0.15) is 48.5 Å². The Labute approximate surface area is 169 Å². The monoisotopic (exact) mass is 394 g/mol. The van der Waals surface area contributed by atoms with Crippen LogP contribution in [0.25, 0.3) is 0 Å². The molecule has 9 heteroatoms. The van der Waals surface area contributed by atoms with Crippen LogP contribution in [-0.4, -0.2) is 71.4 Å². The van der Waals surface area contributed by atoms with Gasteiger partial charge in [0.05, 0.1) is 23.3 Å². The zero-order chi connectivity index (χ0) is 21.2. The number of carbonyl (C=O) groups excluding carboxylic acids is 1. The maximum Gasteiger partial charge on any atom is 0.514 e. The first-order valence-electron chi connectivity index (χ1n) is 9.84. The highest BCUT2D eigenvalue weighted by molar-refractivity contribution is 6.61. The van der Waals surface area contributed by atoms with E-state index in [9.17, 15) is 4.79 Å². The highest BCUT2D eigenvalue weighted by atomic mass is 16.7. The largest absolute Gasteiger partial charge is 0.514 e. The SMILES string of the molecule is CN(CCNCCn1nccc1B1OC(C)(C)C(C)(C)O1)C(=O)OC(C)(C)C. The van der Waals surface area contributed by atoms with Crippen LogP contribution in [0, 0.1) is 0 Å². The first-order chi connectivity index (χ1) is 12.8. The van der Waals surface area contributed by atoms with Gasteiger partial charge in [-0.1, -0.05) is 0 Å². The van der Waals surface area contributed by atoms with E-state index in [4.69, 9.17) is 14.0 Å². The standard InChI is InChI=1S/C19H35BN4O4/c1-17(2,3)26-16(25)23(8)13-11-21-12-14-24-15(9-10-22-24)20-27-18(4,5)19(6,7)28-20/h9-10,21H,11-14H2,1-8H3. The molecule has 1 aliphatic heterocycles. The summed E-state index contributed by atoms with van der Waals surface area (Å²) < 4.78 is 19.5. The Kier molecular flexibility index (Phi) is 6.84. The van der Waals surface area contributed by atoms with E-state index in [1.807, 2.05) is 59.2 Å². The maximum atomic E-state index is 11.9. The molecule has 2 rings (SSSR count). The topological polar surface area (TPSA) is 77.9 Å². The highest BCUT2D eigenvalue weighted by Crippen LogP contribution is 2.36. The smallest absolute Gasteiger partial charge is 0.444 e. The van der Waals surface area contributed by atoms with Gasteiger partial charge in [-0.2, -0.15) is 5.10 Å². The molecule has 158 valence electrons. The van der Waals surface area contributed by atoms with Crippen molar-refractivity contribution in [2.75, 3.05) is 26.7 Å². The summed E-state index contributed by atoms with van der Waals surface area (Å²) >= 11 is 0. The minimum atomic E-state index is -0.483. The van der Waals surface area contributed by atoms with Crippen molar-refractivity contribution in [2.24, 2.45) is 0 Å². The second-order valence-electron chi connectivity index (χ2n) is 9.22. The van der Waals surface area contributed by atoms with E-state index in [1.165, 1.54) is 0 Å². The number of nitrogens with zero attached hydrogens (tertiary/aromatic N) is 3. The van der Waals surface area contributed by atoms with E-state index in [0.717, 1.165) is 12.1 Å². The molecule has 0 unspecified atom stereocenters. The van der Waals surface area contributed by atoms with Gasteiger partial charge < -0.3 is 24.3 Å². The third-order valence-corrected chi connectivity index (χ3v) is 5.07. The number of carbonyl (C=O) groups is 1. The Morgan fingerprint density at radius 3 is 2.43 bits per heavy atom. The first-order valence-corrected chi connectivity index (χ1v) is 9.84. The molecule has 8 nitrogen and oxygen atoms in total. The molecule has 0 bridgehead atoms. The maximum absolute atomic E-state index is 11.9. The number of hydrogen-bond acceptors (Lipinski definition) is 6. The Morgan fingerprint density at radius 1 is 1.25 bits per heavy atom. The number of rotatable bonds is 7. The summed E-state index contributed by atoms with van der Waals surface area (Å²) in [6.45, 7) is 16.4. The lowest BCUT2D eigenvalue weighted by Gasteiger charge is -2.32. The Morgan fingerprint density at radius 2 is 1.86 bits per heavy atom. The Hall–Kier alpha value is -1.58. The minimum absolute atomic E-state index is 0.315. The lowest BCUT2D eigenvalue weighted by atomic mass is 9.84. The fourth-order valence-electron chi connectivity index (χ4n) is 2.68. The lowest BCUT2D eigenvalue weighted by molar-refractivity contribution is 0.00578. The Bertz CT molecular complexity index is 653. The quantitative estimate of drug-likeness (QED) is 0.560. The molecule has 0 aliphatic carbocycles. The molecular formula is C19H35BN4O4. The van der Waals surface area contributed by atoms with Gasteiger partial charge in [0.2, 0.25) is 0 Å². The Balaban J connectivity index is 1.77. The van der Waals surface area contributed by atoms with E-state index < -0.39 is 12.7 Å². The summed E-state index contributed by atoms with van der Waals surface area (Å²) in [5.41, 5.74) is -0.330. The van der Waals surface area contributed by atoms with Crippen LogP contribution in [0.3, 0.4) is 0 Å². The summed E-state index contributed by atoms with van der Waals surface area (Å²) in [6.07, 6.45) is 1.45. The van der Waals surface area contributed by atoms with Crippen LogP contribution in [0.4, 0.5) is 4.79 Å². The predicted octanol–water partition coefficient (Wildman–Crippen LogP) is 1.64. The summed E-state index contributed by atoms with van der Waals surface area (Å²) in [6, 6.07) is 1.93. The van der Waals surface area contributed by atoms with Crippen molar-refractivity contribution in [3.8, 4) is 0 Å². The number of likely N-dealkylation sites (N-methyl/N-ethyl adjacent to an activating group) is 1. The fraction of sp³-hybridized carbons (Fsp3) is 0.789. The molecular weight excluding hydrogens is 359 g/mol. The molecule has 0 spiro atoms. The van der Waals surface area contributed by atoms with Gasteiger partial charge in [-0.15, -0.1) is 0 Å². The molecule has 1 aliphatic rings. The number of aromatic nitrogens is 2. The van der Waals surface area contributed by atoms with Gasteiger partial charge >= 0.3 is 13.2 Å². The minimum Gasteiger partial charge on any atom is -0.444 e. The highest BCUT2D eigenvalue weighted by Gasteiger charge is 2.52. The zero-order valence-corrected chi connectivity index (χ0v) is 18.5. The van der Waals surface area contributed by atoms with Crippen molar-refractivity contribution < 1.29 is 18.8 Å². The zero-order valence-electron chi connectivity index (χ0n) is 18.5.